The number of nitrogens with two attached hydrogens (primary N) is 1. The van der Waals surface area contributed by atoms with Gasteiger partial charge in [0.05, 0.1) is 12.1 Å². The molecule has 0 fully saturated rings. The van der Waals surface area contributed by atoms with Crippen molar-refractivity contribution in [3.63, 3.8) is 0 Å². The van der Waals surface area contributed by atoms with Crippen LogP contribution in [0.15, 0.2) is 53.9 Å². The molecule has 2 amide bonds. The maximum Gasteiger partial charge on any atom is 0.248 e. The molecule has 0 saturated heterocycles. The van der Waals surface area contributed by atoms with Crippen molar-refractivity contribution < 1.29 is 9.59 Å². The molecule has 2 aromatic carbocycles. The van der Waals surface area contributed by atoms with E-state index in [0.717, 1.165) is 21.8 Å². The summed E-state index contributed by atoms with van der Waals surface area (Å²) >= 11 is 1.54. The average Bonchev–Trinajstić information content (AvgIpc) is 3.11. The number of thiazole rings is 1. The van der Waals surface area contributed by atoms with E-state index in [1.54, 1.807) is 30.1 Å². The van der Waals surface area contributed by atoms with Crippen molar-refractivity contribution in [3.8, 4) is 10.6 Å². The number of carbonyl (C=O) groups excluding carboxylic acids is 2. The zero-order chi connectivity index (χ0) is 19.4. The fraction of sp³-hybridized carbons (Fsp3) is 0.190. The summed E-state index contributed by atoms with van der Waals surface area (Å²) in [4.78, 5) is 30.0. The van der Waals surface area contributed by atoms with Gasteiger partial charge >= 0.3 is 0 Å². The fourth-order valence-corrected chi connectivity index (χ4v) is 3.52. The summed E-state index contributed by atoms with van der Waals surface area (Å²) in [5, 5.41) is 2.84. The molecule has 138 valence electrons. The Morgan fingerprint density at radius 1 is 1.15 bits per heavy atom. The summed E-state index contributed by atoms with van der Waals surface area (Å²) in [5.41, 5.74) is 9.63. The number of primary amides is 1. The predicted octanol–water partition coefficient (Wildman–Crippen LogP) is 3.42. The lowest BCUT2D eigenvalue weighted by Gasteiger charge is -2.17. The van der Waals surface area contributed by atoms with Crippen LogP contribution in [-0.2, 0) is 17.8 Å². The van der Waals surface area contributed by atoms with Crippen LogP contribution in [-0.4, -0.2) is 28.7 Å². The van der Waals surface area contributed by atoms with Crippen LogP contribution in [0.2, 0.25) is 0 Å². The first kappa shape index (κ1) is 18.8. The minimum Gasteiger partial charge on any atom is -0.366 e. The SMILES string of the molecule is Cc1ccc(-c2nc(CC(=O)N(C)Cc3cccc(C(N)=O)c3)cs2)cc1. The highest BCUT2D eigenvalue weighted by molar-refractivity contribution is 7.13. The van der Waals surface area contributed by atoms with Crippen LogP contribution in [0, 0.1) is 6.92 Å². The highest BCUT2D eigenvalue weighted by atomic mass is 32.1. The van der Waals surface area contributed by atoms with Gasteiger partial charge < -0.3 is 10.6 Å². The van der Waals surface area contributed by atoms with Crippen LogP contribution < -0.4 is 5.73 Å². The largest absolute Gasteiger partial charge is 0.366 e. The maximum absolute atomic E-state index is 12.5. The highest BCUT2D eigenvalue weighted by Gasteiger charge is 2.14. The molecule has 0 bridgehead atoms. The van der Waals surface area contributed by atoms with Crippen LogP contribution >= 0.6 is 11.3 Å². The van der Waals surface area contributed by atoms with Gasteiger partial charge in [0, 0.05) is 30.1 Å². The molecule has 0 unspecified atom stereocenters. The third-order valence-corrected chi connectivity index (χ3v) is 5.18. The van der Waals surface area contributed by atoms with Crippen molar-refractivity contribution in [1.29, 1.82) is 0 Å². The molecule has 0 radical (unpaired) electrons. The van der Waals surface area contributed by atoms with Gasteiger partial charge in [-0.2, -0.15) is 0 Å². The zero-order valence-electron chi connectivity index (χ0n) is 15.3. The first-order chi connectivity index (χ1) is 12.9. The number of hydrogen-bond donors (Lipinski definition) is 1. The Kier molecular flexibility index (Phi) is 5.66. The molecule has 0 atom stereocenters. The Bertz CT molecular complexity index is 964. The van der Waals surface area contributed by atoms with Crippen molar-refractivity contribution in [2.45, 2.75) is 19.9 Å². The molecule has 3 aromatic rings. The zero-order valence-corrected chi connectivity index (χ0v) is 16.1. The van der Waals surface area contributed by atoms with Gasteiger partial charge in [-0.05, 0) is 24.6 Å². The van der Waals surface area contributed by atoms with Crippen LogP contribution in [0.3, 0.4) is 0 Å². The molecule has 2 N–H and O–H groups in total. The third kappa shape index (κ3) is 4.80. The molecule has 6 heteroatoms. The molecule has 0 aliphatic rings. The fourth-order valence-electron chi connectivity index (χ4n) is 2.69. The van der Waals surface area contributed by atoms with E-state index in [4.69, 9.17) is 5.73 Å². The second-order valence-electron chi connectivity index (χ2n) is 6.50. The van der Waals surface area contributed by atoms with Crippen LogP contribution in [0.1, 0.15) is 27.2 Å². The molecule has 27 heavy (non-hydrogen) atoms. The van der Waals surface area contributed by atoms with Crippen LogP contribution in [0.25, 0.3) is 10.6 Å². The molecule has 1 aromatic heterocycles. The quantitative estimate of drug-likeness (QED) is 0.713. The van der Waals surface area contributed by atoms with Gasteiger partial charge in [-0.15, -0.1) is 11.3 Å². The number of rotatable bonds is 6. The van der Waals surface area contributed by atoms with Gasteiger partial charge in [-0.3, -0.25) is 9.59 Å². The molecule has 0 aliphatic carbocycles. The van der Waals surface area contributed by atoms with E-state index in [2.05, 4.69) is 17.1 Å². The van der Waals surface area contributed by atoms with Gasteiger partial charge in [0.1, 0.15) is 5.01 Å². The topological polar surface area (TPSA) is 76.3 Å². The summed E-state index contributed by atoms with van der Waals surface area (Å²) in [5.74, 6) is -0.503. The van der Waals surface area contributed by atoms with E-state index in [1.165, 1.54) is 16.9 Å². The van der Waals surface area contributed by atoms with Gasteiger partial charge in [0.25, 0.3) is 0 Å². The van der Waals surface area contributed by atoms with E-state index in [1.807, 2.05) is 30.5 Å². The Hall–Kier alpha value is -2.99. The Morgan fingerprint density at radius 2 is 1.89 bits per heavy atom. The number of hydrogen-bond acceptors (Lipinski definition) is 4. The molecular formula is C21H21N3O2S. The first-order valence-electron chi connectivity index (χ1n) is 8.56. The second-order valence-corrected chi connectivity index (χ2v) is 7.36. The van der Waals surface area contributed by atoms with Gasteiger partial charge in [-0.1, -0.05) is 42.0 Å². The molecule has 0 saturated carbocycles. The first-order valence-corrected chi connectivity index (χ1v) is 9.44. The molecular weight excluding hydrogens is 358 g/mol. The normalized spacial score (nSPS) is 10.6. The smallest absolute Gasteiger partial charge is 0.248 e. The van der Waals surface area contributed by atoms with E-state index in [0.29, 0.717) is 12.1 Å². The Morgan fingerprint density at radius 3 is 2.59 bits per heavy atom. The van der Waals surface area contributed by atoms with Crippen molar-refractivity contribution in [3.05, 3.63) is 76.3 Å². The predicted molar refractivity (Wildman–Crippen MR) is 107 cm³/mol. The number of amides is 2. The summed E-state index contributed by atoms with van der Waals surface area (Å²) in [6, 6.07) is 15.2. The van der Waals surface area contributed by atoms with Crippen molar-refractivity contribution >= 4 is 23.2 Å². The van der Waals surface area contributed by atoms with Gasteiger partial charge in [0.15, 0.2) is 0 Å². The average molecular weight is 379 g/mol. The lowest BCUT2D eigenvalue weighted by atomic mass is 10.1. The lowest BCUT2D eigenvalue weighted by Crippen LogP contribution is -2.28. The van der Waals surface area contributed by atoms with E-state index < -0.39 is 5.91 Å². The highest BCUT2D eigenvalue weighted by Crippen LogP contribution is 2.24. The Labute approximate surface area is 162 Å². The van der Waals surface area contributed by atoms with Gasteiger partial charge in [-0.25, -0.2) is 4.98 Å². The number of aryl methyl sites for hydroxylation is 1. The van der Waals surface area contributed by atoms with Crippen molar-refractivity contribution in [1.82, 2.24) is 9.88 Å². The minimum atomic E-state index is -0.475. The number of benzene rings is 2. The summed E-state index contributed by atoms with van der Waals surface area (Å²) in [7, 11) is 1.74. The van der Waals surface area contributed by atoms with Crippen LogP contribution in [0.5, 0.6) is 0 Å². The molecule has 5 nitrogen and oxygen atoms in total. The van der Waals surface area contributed by atoms with E-state index >= 15 is 0 Å². The monoisotopic (exact) mass is 379 g/mol. The maximum atomic E-state index is 12.5. The number of likely N-dealkylation sites (N-methyl/N-ethyl adjacent to an activating group) is 1. The third-order valence-electron chi connectivity index (χ3n) is 4.24. The summed E-state index contributed by atoms with van der Waals surface area (Å²) in [6.07, 6.45) is 0.244. The summed E-state index contributed by atoms with van der Waals surface area (Å²) < 4.78 is 0. The van der Waals surface area contributed by atoms with E-state index in [-0.39, 0.29) is 12.3 Å². The molecule has 0 spiro atoms. The minimum absolute atomic E-state index is 0.0276. The van der Waals surface area contributed by atoms with Crippen molar-refractivity contribution in [2.75, 3.05) is 7.05 Å². The Balaban J connectivity index is 1.64. The van der Waals surface area contributed by atoms with Gasteiger partial charge in [0.2, 0.25) is 11.8 Å². The number of carbonyl (C=O) groups is 2. The number of nitrogens with zero attached hydrogens (tertiary/aromatic N) is 2. The lowest BCUT2D eigenvalue weighted by molar-refractivity contribution is -0.129. The second kappa shape index (κ2) is 8.14. The van der Waals surface area contributed by atoms with E-state index in [9.17, 15) is 9.59 Å². The van der Waals surface area contributed by atoms with Crippen molar-refractivity contribution in [2.24, 2.45) is 5.73 Å². The molecule has 1 heterocycles. The summed E-state index contributed by atoms with van der Waals surface area (Å²) in [6.45, 7) is 2.46. The molecule has 3 rings (SSSR count). The molecule has 0 aliphatic heterocycles. The van der Waals surface area contributed by atoms with Crippen LogP contribution in [0.4, 0.5) is 0 Å². The standard InChI is InChI=1S/C21H21N3O2S/c1-14-6-8-16(9-7-14)21-23-18(13-27-21)11-19(25)24(2)12-15-4-3-5-17(10-15)20(22)26/h3-10,13H,11-12H2,1-2H3,(H2,22,26). The number of aromatic nitrogens is 1.